The van der Waals surface area contributed by atoms with Gasteiger partial charge < -0.3 is 20.4 Å². The van der Waals surface area contributed by atoms with Crippen LogP contribution in [0.5, 0.6) is 0 Å². The average Bonchev–Trinajstić information content (AvgIpc) is 0.763. The van der Waals surface area contributed by atoms with E-state index in [1.54, 1.807) is 0 Å². The number of aryl methyl sites for hydroxylation is 8. The van der Waals surface area contributed by atoms with Crippen molar-refractivity contribution in [2.24, 2.45) is 0 Å². The second-order valence-electron chi connectivity index (χ2n) is 27.1. The normalized spacial score (nSPS) is 11.8. The molecule has 0 aliphatic rings. The van der Waals surface area contributed by atoms with E-state index in [2.05, 4.69) is 225 Å². The highest BCUT2D eigenvalue weighted by Crippen LogP contribution is 2.48. The van der Waals surface area contributed by atoms with Crippen LogP contribution in [0.2, 0.25) is 0 Å². The van der Waals surface area contributed by atoms with Gasteiger partial charge in [0.15, 0.2) is 0 Å². The molecule has 0 heterocycles. The van der Waals surface area contributed by atoms with Gasteiger partial charge >= 0.3 is 0 Å². The van der Waals surface area contributed by atoms with Gasteiger partial charge in [0.25, 0.3) is 0 Å². The third-order valence-electron chi connectivity index (χ3n) is 20.0. The van der Waals surface area contributed by atoms with E-state index in [-0.39, 0.29) is 0 Å². The quantitative estimate of drug-likeness (QED) is 0.0727. The molecule has 0 saturated carbocycles. The van der Waals surface area contributed by atoms with Gasteiger partial charge in [0.2, 0.25) is 0 Å². The number of aliphatic hydroxyl groups is 4. The first-order chi connectivity index (χ1) is 48.3. The fraction of sp³-hybridized carbons (Fsp3) is 0.125. The predicted molar refractivity (Wildman–Crippen MR) is 412 cm³/mol. The lowest BCUT2D eigenvalue weighted by Gasteiger charge is -2.33. The summed E-state index contributed by atoms with van der Waals surface area (Å²) in [7, 11) is 0. The molecule has 0 bridgehead atoms. The zero-order chi connectivity index (χ0) is 69.8. The molecule has 4 nitrogen and oxygen atoms in total. The molecule has 0 saturated heterocycles. The lowest BCUT2D eigenvalue weighted by Crippen LogP contribution is -2.29. The Morgan fingerprint density at radius 2 is 0.270 bits per heavy atom. The molecule has 4 N–H and O–H groups in total. The largest absolute Gasteiger partial charge is 0.376 e. The molecule has 0 fully saturated rings. The van der Waals surface area contributed by atoms with Crippen LogP contribution in [0, 0.1) is 55.4 Å². The van der Waals surface area contributed by atoms with Crippen LogP contribution in [-0.4, -0.2) is 20.4 Å². The topological polar surface area (TPSA) is 80.9 Å². The van der Waals surface area contributed by atoms with Crippen LogP contribution < -0.4 is 0 Å². The number of hydrogen-bond donors (Lipinski definition) is 4. The van der Waals surface area contributed by atoms with Gasteiger partial charge in [-0.25, -0.2) is 0 Å². The molecule has 492 valence electrons. The van der Waals surface area contributed by atoms with E-state index in [0.29, 0.717) is 0 Å². The van der Waals surface area contributed by atoms with Gasteiger partial charge in [-0.1, -0.05) is 384 Å². The summed E-state index contributed by atoms with van der Waals surface area (Å²) in [6.07, 6.45) is 0. The van der Waals surface area contributed by atoms with Crippen molar-refractivity contribution in [3.63, 3.8) is 0 Å². The second-order valence-corrected chi connectivity index (χ2v) is 27.1. The van der Waals surface area contributed by atoms with E-state index in [0.717, 1.165) is 156 Å². The zero-order valence-electron chi connectivity index (χ0n) is 58.1. The molecule has 0 amide bonds. The van der Waals surface area contributed by atoms with E-state index in [1.165, 1.54) is 0 Å². The maximum absolute atomic E-state index is 12.8. The number of rotatable bonds is 16. The highest BCUT2D eigenvalue weighted by atomic mass is 16.3. The van der Waals surface area contributed by atoms with Crippen LogP contribution >= 0.6 is 0 Å². The average molecular weight is 1300 g/mol. The van der Waals surface area contributed by atoms with Gasteiger partial charge in [-0.2, -0.15) is 0 Å². The van der Waals surface area contributed by atoms with E-state index < -0.39 is 22.4 Å². The fourth-order valence-corrected chi connectivity index (χ4v) is 14.1. The standard InChI is InChI=1S/2C48H42O2/c2*1-33-13-25-39(26-14-33)47(49,40-27-15-34(2)16-28-40)45-11-7-5-9-43(45)37-21-23-38(24-22-37)44-10-6-8-12-46(44)48(50,41-29-17-35(3)18-30-41)42-31-19-36(4)20-32-42/h2*5-32,49-50H,1-4H3. The molecular formula is C96H84O4. The van der Waals surface area contributed by atoms with Gasteiger partial charge in [0.1, 0.15) is 22.4 Å². The summed E-state index contributed by atoms with van der Waals surface area (Å²) in [6.45, 7) is 16.5. The molecule has 0 spiro atoms. The Kier molecular flexibility index (Phi) is 19.2. The molecule has 0 unspecified atom stereocenters. The predicted octanol–water partition coefficient (Wildman–Crippen LogP) is 21.6. The lowest BCUT2D eigenvalue weighted by molar-refractivity contribution is 0.126. The molecule has 14 aromatic carbocycles. The summed E-state index contributed by atoms with van der Waals surface area (Å²) < 4.78 is 0. The molecule has 0 atom stereocenters. The van der Waals surface area contributed by atoms with Crippen molar-refractivity contribution in [2.75, 3.05) is 0 Å². The minimum absolute atomic E-state index is 0.814. The third kappa shape index (κ3) is 13.1. The molecule has 14 aromatic rings. The highest BCUT2D eigenvalue weighted by Gasteiger charge is 2.40. The minimum Gasteiger partial charge on any atom is -0.376 e. The summed E-state index contributed by atoms with van der Waals surface area (Å²) in [4.78, 5) is 0. The Morgan fingerprint density at radius 3 is 0.400 bits per heavy atom. The highest BCUT2D eigenvalue weighted by molar-refractivity contribution is 5.79. The maximum Gasteiger partial charge on any atom is 0.141 e. The Bertz CT molecular complexity index is 4270. The van der Waals surface area contributed by atoms with Crippen molar-refractivity contribution in [2.45, 2.75) is 77.8 Å². The van der Waals surface area contributed by atoms with Crippen molar-refractivity contribution in [3.8, 4) is 44.5 Å². The Balaban J connectivity index is 0.000000179. The molecule has 4 heteroatoms. The van der Waals surface area contributed by atoms with Gasteiger partial charge in [0.05, 0.1) is 0 Å². The maximum atomic E-state index is 12.8. The summed E-state index contributed by atoms with van der Waals surface area (Å²) in [6, 6.07) is 115. The summed E-state index contributed by atoms with van der Waals surface area (Å²) in [5, 5.41) is 51.3. The fourth-order valence-electron chi connectivity index (χ4n) is 14.1. The van der Waals surface area contributed by atoms with Crippen molar-refractivity contribution in [1.82, 2.24) is 0 Å². The van der Waals surface area contributed by atoms with Crippen LogP contribution in [0.4, 0.5) is 0 Å². The van der Waals surface area contributed by atoms with Gasteiger partial charge in [0, 0.05) is 22.3 Å². The van der Waals surface area contributed by atoms with Gasteiger partial charge in [-0.05, 0) is 144 Å². The summed E-state index contributed by atoms with van der Waals surface area (Å²) in [5.41, 5.74) is 21.2. The van der Waals surface area contributed by atoms with E-state index in [1.807, 2.05) is 170 Å². The van der Waals surface area contributed by atoms with Crippen molar-refractivity contribution >= 4 is 0 Å². The zero-order valence-corrected chi connectivity index (χ0v) is 58.1. The van der Waals surface area contributed by atoms with E-state index >= 15 is 0 Å². The van der Waals surface area contributed by atoms with E-state index in [9.17, 15) is 20.4 Å². The Hall–Kier alpha value is -11.1. The third-order valence-corrected chi connectivity index (χ3v) is 20.0. The Labute approximate surface area is 590 Å². The summed E-state index contributed by atoms with van der Waals surface area (Å²) >= 11 is 0. The number of hydrogen-bond acceptors (Lipinski definition) is 4. The van der Waals surface area contributed by atoms with Gasteiger partial charge in [-0.15, -0.1) is 0 Å². The van der Waals surface area contributed by atoms with Crippen molar-refractivity contribution < 1.29 is 20.4 Å². The first-order valence-electron chi connectivity index (χ1n) is 34.4. The molecular weight excluding hydrogens is 1220 g/mol. The second kappa shape index (κ2) is 28.4. The van der Waals surface area contributed by atoms with Gasteiger partial charge in [-0.3, -0.25) is 0 Å². The monoisotopic (exact) mass is 1300 g/mol. The summed E-state index contributed by atoms with van der Waals surface area (Å²) in [5.74, 6) is 0. The van der Waals surface area contributed by atoms with Crippen LogP contribution in [0.3, 0.4) is 0 Å². The molecule has 0 radical (unpaired) electrons. The SMILES string of the molecule is Cc1ccc(C(O)(c2ccc(C)cc2)c2ccccc2-c2ccc(-c3ccccc3C(O)(c3ccc(C)cc3)c3ccc(C)cc3)cc2)cc1.Cc1ccc(C(O)(c2ccc(C)cc2)c2ccccc2-c2ccc(-c3ccccc3C(O)(c3ccc(C)cc3)c3ccc(C)cc3)cc2)cc1. The Morgan fingerprint density at radius 1 is 0.150 bits per heavy atom. The van der Waals surface area contributed by atoms with Crippen LogP contribution in [0.25, 0.3) is 44.5 Å². The van der Waals surface area contributed by atoms with Crippen molar-refractivity contribution in [3.05, 3.63) is 451 Å². The molecule has 0 aromatic heterocycles. The minimum atomic E-state index is -1.37. The number of benzene rings is 14. The molecule has 14 rings (SSSR count). The first-order valence-corrected chi connectivity index (χ1v) is 34.4. The van der Waals surface area contributed by atoms with Crippen LogP contribution in [0.1, 0.15) is 111 Å². The van der Waals surface area contributed by atoms with E-state index in [4.69, 9.17) is 0 Å². The smallest absolute Gasteiger partial charge is 0.141 e. The van der Waals surface area contributed by atoms with Crippen LogP contribution in [-0.2, 0) is 22.4 Å². The van der Waals surface area contributed by atoms with Crippen molar-refractivity contribution in [1.29, 1.82) is 0 Å². The first kappa shape index (κ1) is 67.5. The van der Waals surface area contributed by atoms with Crippen LogP contribution in [0.15, 0.2) is 340 Å². The lowest BCUT2D eigenvalue weighted by atomic mass is 9.76. The molecule has 100 heavy (non-hydrogen) atoms. The molecule has 0 aliphatic heterocycles. The molecule has 0 aliphatic carbocycles.